The minimum atomic E-state index is -0.578. The molecule has 1 atom stereocenters. The van der Waals surface area contributed by atoms with Gasteiger partial charge < -0.3 is 25.2 Å². The fourth-order valence-electron chi connectivity index (χ4n) is 1.65. The van der Waals surface area contributed by atoms with Crippen LogP contribution >= 0.6 is 0 Å². The lowest BCUT2D eigenvalue weighted by Crippen LogP contribution is -2.96. The molecule has 0 aliphatic heterocycles. The predicted octanol–water partition coefficient (Wildman–Crippen LogP) is -0.0870. The average Bonchev–Trinajstić information content (AvgIpc) is 2.48. The Kier molecular flexibility index (Phi) is 7.14. The maximum Gasteiger partial charge on any atom is 0.257 e. The Bertz CT molecular complexity index is 471. The van der Waals surface area contributed by atoms with Crippen LogP contribution in [0.25, 0.3) is 0 Å². The molecule has 1 rings (SSSR count). The zero-order valence-corrected chi connectivity index (χ0v) is 13.8. The van der Waals surface area contributed by atoms with Gasteiger partial charge in [0, 0.05) is 7.05 Å². The van der Waals surface area contributed by atoms with Crippen molar-refractivity contribution in [2.24, 2.45) is 0 Å². The van der Waals surface area contributed by atoms with E-state index in [0.717, 1.165) is 0 Å². The second-order valence-corrected chi connectivity index (χ2v) is 6.18. The summed E-state index contributed by atoms with van der Waals surface area (Å²) in [5.41, 5.74) is 0.0650. The van der Waals surface area contributed by atoms with E-state index >= 15 is 0 Å². The molecule has 1 aromatic carbocycles. The molecule has 0 radical (unpaired) electrons. The summed E-state index contributed by atoms with van der Waals surface area (Å²) in [5.74, 6) is 0.786. The Balaban J connectivity index is 2.49. The van der Waals surface area contributed by atoms with Gasteiger partial charge in [0.1, 0.15) is 19.3 Å². The third kappa shape index (κ3) is 7.28. The number of benzene rings is 1. The number of nitrogens with one attached hydrogen (secondary N) is 1. The third-order valence-corrected chi connectivity index (χ3v) is 2.92. The molecule has 0 aromatic heterocycles. The van der Waals surface area contributed by atoms with Crippen LogP contribution in [0.3, 0.4) is 0 Å². The summed E-state index contributed by atoms with van der Waals surface area (Å²) in [7, 11) is 1.55. The Hall–Kier alpha value is -1.79. The highest BCUT2D eigenvalue weighted by atomic mass is 16.5. The van der Waals surface area contributed by atoms with Crippen LogP contribution in [0, 0.1) is 0 Å². The first-order chi connectivity index (χ1) is 10.3. The largest absolute Gasteiger partial charge is 0.487 e. The fourth-order valence-corrected chi connectivity index (χ4v) is 1.65. The van der Waals surface area contributed by atoms with Crippen molar-refractivity contribution in [1.82, 2.24) is 5.32 Å². The fraction of sp³-hybridized carbons (Fsp3) is 0.562. The van der Waals surface area contributed by atoms with Crippen molar-refractivity contribution < 1.29 is 24.7 Å². The summed E-state index contributed by atoms with van der Waals surface area (Å²) in [6.45, 7) is 6.92. The zero-order chi connectivity index (χ0) is 16.6. The minimum Gasteiger partial charge on any atom is -0.487 e. The molecule has 6 nitrogen and oxygen atoms in total. The first kappa shape index (κ1) is 18.3. The molecule has 0 unspecified atom stereocenters. The number of rotatable bonds is 8. The van der Waals surface area contributed by atoms with Gasteiger partial charge in [0.25, 0.3) is 5.91 Å². The number of para-hydroxylation sites is 2. The van der Waals surface area contributed by atoms with Gasteiger partial charge in [0.15, 0.2) is 18.1 Å². The zero-order valence-electron chi connectivity index (χ0n) is 13.8. The number of amides is 1. The van der Waals surface area contributed by atoms with Gasteiger partial charge in [0.05, 0.1) is 5.54 Å². The van der Waals surface area contributed by atoms with Gasteiger partial charge in [-0.25, -0.2) is 0 Å². The molecule has 0 saturated carbocycles. The molecule has 0 bridgehead atoms. The number of likely N-dealkylation sites (N-methyl/N-ethyl adjacent to an activating group) is 1. The molecule has 0 aliphatic carbocycles. The van der Waals surface area contributed by atoms with Gasteiger partial charge in [-0.05, 0) is 32.9 Å². The van der Waals surface area contributed by atoms with E-state index in [0.29, 0.717) is 18.0 Å². The average molecular weight is 311 g/mol. The van der Waals surface area contributed by atoms with E-state index in [1.54, 1.807) is 25.2 Å². The topological polar surface area (TPSA) is 84.4 Å². The molecule has 0 spiro atoms. The molecule has 22 heavy (non-hydrogen) atoms. The number of carbonyl (C=O) groups is 1. The smallest absolute Gasteiger partial charge is 0.257 e. The first-order valence-corrected chi connectivity index (χ1v) is 7.39. The van der Waals surface area contributed by atoms with E-state index in [9.17, 15) is 9.90 Å². The highest BCUT2D eigenvalue weighted by Crippen LogP contribution is 2.26. The number of hydrogen-bond donors (Lipinski definition) is 3. The number of hydrogen-bond acceptors (Lipinski definition) is 4. The number of aliphatic hydroxyl groups is 1. The molecular weight excluding hydrogens is 284 g/mol. The molecule has 6 heteroatoms. The lowest BCUT2D eigenvalue weighted by atomic mass is 10.1. The standard InChI is InChI=1S/C16H26N2O4/c1-16(2,3)18-9-12(19)10-21-13-7-5-6-8-14(13)22-11-15(20)17-4/h5-8,12,18-19H,9-11H2,1-4H3,(H,17,20)/p+1/t12-/m0/s1. The van der Waals surface area contributed by atoms with Crippen molar-refractivity contribution in [3.05, 3.63) is 24.3 Å². The first-order valence-electron chi connectivity index (χ1n) is 7.39. The van der Waals surface area contributed by atoms with Crippen molar-refractivity contribution in [2.45, 2.75) is 32.4 Å². The Morgan fingerprint density at radius 3 is 2.41 bits per heavy atom. The number of quaternary nitrogens is 1. The Morgan fingerprint density at radius 2 is 1.86 bits per heavy atom. The molecule has 0 aliphatic rings. The lowest BCUT2D eigenvalue weighted by molar-refractivity contribution is -0.722. The second-order valence-electron chi connectivity index (χ2n) is 6.18. The van der Waals surface area contributed by atoms with Crippen molar-refractivity contribution in [2.75, 3.05) is 26.8 Å². The van der Waals surface area contributed by atoms with Gasteiger partial charge in [-0.1, -0.05) is 12.1 Å². The number of ether oxygens (including phenoxy) is 2. The molecular formula is C16H27N2O4+. The van der Waals surface area contributed by atoms with Crippen molar-refractivity contribution in [3.8, 4) is 11.5 Å². The summed E-state index contributed by atoms with van der Waals surface area (Å²) in [5, 5.41) is 14.5. The summed E-state index contributed by atoms with van der Waals surface area (Å²) in [6, 6.07) is 7.09. The van der Waals surface area contributed by atoms with E-state index in [1.165, 1.54) is 0 Å². The monoisotopic (exact) mass is 311 g/mol. The lowest BCUT2D eigenvalue weighted by Gasteiger charge is -2.20. The Labute approximate surface area is 131 Å². The van der Waals surface area contributed by atoms with Crippen LogP contribution in [0.1, 0.15) is 20.8 Å². The number of nitrogens with two attached hydrogens (primary N) is 1. The summed E-state index contributed by atoms with van der Waals surface area (Å²) in [6.07, 6.45) is -0.578. The van der Waals surface area contributed by atoms with Crippen molar-refractivity contribution >= 4 is 5.91 Å². The van der Waals surface area contributed by atoms with Crippen LogP contribution in [-0.2, 0) is 4.79 Å². The van der Waals surface area contributed by atoms with Crippen LogP contribution in [0.4, 0.5) is 0 Å². The highest BCUT2D eigenvalue weighted by molar-refractivity contribution is 5.77. The number of aliphatic hydroxyl groups excluding tert-OH is 1. The molecule has 0 saturated heterocycles. The highest BCUT2D eigenvalue weighted by Gasteiger charge is 2.17. The Morgan fingerprint density at radius 1 is 1.27 bits per heavy atom. The number of carbonyl (C=O) groups excluding carboxylic acids is 1. The van der Waals surface area contributed by atoms with Crippen LogP contribution < -0.4 is 20.1 Å². The third-order valence-electron chi connectivity index (χ3n) is 2.92. The van der Waals surface area contributed by atoms with E-state index in [2.05, 4.69) is 31.4 Å². The molecule has 1 amide bonds. The molecule has 1 aromatic rings. The molecule has 0 heterocycles. The van der Waals surface area contributed by atoms with E-state index in [4.69, 9.17) is 9.47 Å². The van der Waals surface area contributed by atoms with Gasteiger partial charge in [-0.2, -0.15) is 0 Å². The summed E-state index contributed by atoms with van der Waals surface area (Å²) in [4.78, 5) is 11.2. The van der Waals surface area contributed by atoms with E-state index < -0.39 is 6.10 Å². The minimum absolute atomic E-state index is 0.0650. The quantitative estimate of drug-likeness (QED) is 0.627. The SMILES string of the molecule is CNC(=O)COc1ccccc1OC[C@@H](O)C[NH2+]C(C)(C)C. The molecule has 124 valence electrons. The van der Waals surface area contributed by atoms with Crippen molar-refractivity contribution in [1.29, 1.82) is 0 Å². The summed E-state index contributed by atoms with van der Waals surface area (Å²) >= 11 is 0. The van der Waals surface area contributed by atoms with Crippen molar-refractivity contribution in [3.63, 3.8) is 0 Å². The maximum atomic E-state index is 11.2. The molecule has 4 N–H and O–H groups in total. The van der Waals surface area contributed by atoms with Crippen LogP contribution in [0.5, 0.6) is 11.5 Å². The maximum absolute atomic E-state index is 11.2. The van der Waals surface area contributed by atoms with Gasteiger partial charge in [0.2, 0.25) is 0 Å². The normalized spacial score (nSPS) is 12.6. The van der Waals surface area contributed by atoms with Crippen LogP contribution in [0.15, 0.2) is 24.3 Å². The van der Waals surface area contributed by atoms with Gasteiger partial charge in [-0.15, -0.1) is 0 Å². The van der Waals surface area contributed by atoms with Crippen LogP contribution in [0.2, 0.25) is 0 Å². The second kappa shape index (κ2) is 8.60. The van der Waals surface area contributed by atoms with E-state index in [1.807, 2.05) is 6.07 Å². The predicted molar refractivity (Wildman–Crippen MR) is 84.1 cm³/mol. The summed E-state index contributed by atoms with van der Waals surface area (Å²) < 4.78 is 11.0. The van der Waals surface area contributed by atoms with Gasteiger partial charge in [-0.3, -0.25) is 4.79 Å². The van der Waals surface area contributed by atoms with Gasteiger partial charge >= 0.3 is 0 Å². The van der Waals surface area contributed by atoms with E-state index in [-0.39, 0.29) is 24.7 Å². The molecule has 0 fully saturated rings. The van der Waals surface area contributed by atoms with Crippen LogP contribution in [-0.4, -0.2) is 49.5 Å².